The second kappa shape index (κ2) is 7.75. The second-order valence-corrected chi connectivity index (χ2v) is 4.58. The minimum absolute atomic E-state index is 0. The van der Waals surface area contributed by atoms with Gasteiger partial charge in [0, 0.05) is 19.6 Å². The molecule has 9 heteroatoms. The van der Waals surface area contributed by atoms with Crippen molar-refractivity contribution in [2.24, 2.45) is 0 Å². The quantitative estimate of drug-likeness (QED) is 0.825. The Morgan fingerprint density at radius 1 is 1.41 bits per heavy atom. The standard InChI is InChI=1S/C13H14F4N2O2.ClH/c14-9-2-1-8(10(5-9)13(15,16)17)6-19-12(20)11-7-18-3-4-21-11;/h1-2,5,11,18H,3-4,6-7H2,(H,19,20);1H. The molecule has 1 amide bonds. The van der Waals surface area contributed by atoms with Gasteiger partial charge in [0.1, 0.15) is 11.9 Å². The van der Waals surface area contributed by atoms with Crippen LogP contribution in [0.25, 0.3) is 0 Å². The number of nitrogens with one attached hydrogen (secondary N) is 2. The zero-order valence-corrected chi connectivity index (χ0v) is 12.2. The van der Waals surface area contributed by atoms with Gasteiger partial charge in [-0.1, -0.05) is 6.07 Å². The van der Waals surface area contributed by atoms with Crippen molar-refractivity contribution >= 4 is 18.3 Å². The van der Waals surface area contributed by atoms with Crippen molar-refractivity contribution in [2.45, 2.75) is 18.8 Å². The third kappa shape index (κ3) is 4.82. The lowest BCUT2D eigenvalue weighted by Gasteiger charge is -2.23. The molecule has 1 aromatic carbocycles. The van der Waals surface area contributed by atoms with E-state index < -0.39 is 29.6 Å². The third-order valence-electron chi connectivity index (χ3n) is 3.05. The van der Waals surface area contributed by atoms with E-state index in [-0.39, 0.29) is 24.5 Å². The average Bonchev–Trinajstić information content (AvgIpc) is 2.45. The molecule has 0 bridgehead atoms. The molecular weight excluding hydrogens is 328 g/mol. The maximum absolute atomic E-state index is 13.0. The Kier molecular flexibility index (Phi) is 6.58. The fourth-order valence-electron chi connectivity index (χ4n) is 2.00. The van der Waals surface area contributed by atoms with Crippen LogP contribution in [0.15, 0.2) is 18.2 Å². The Morgan fingerprint density at radius 3 is 2.73 bits per heavy atom. The Bertz CT molecular complexity index is 519. The monoisotopic (exact) mass is 342 g/mol. The average molecular weight is 343 g/mol. The summed E-state index contributed by atoms with van der Waals surface area (Å²) in [5.74, 6) is -1.48. The van der Waals surface area contributed by atoms with E-state index in [2.05, 4.69) is 10.6 Å². The minimum atomic E-state index is -4.68. The lowest BCUT2D eigenvalue weighted by molar-refractivity contribution is -0.139. The fraction of sp³-hybridized carbons (Fsp3) is 0.462. The van der Waals surface area contributed by atoms with Crippen LogP contribution in [0, 0.1) is 5.82 Å². The van der Waals surface area contributed by atoms with E-state index in [1.807, 2.05) is 0 Å². The normalized spacial score (nSPS) is 18.5. The number of benzene rings is 1. The van der Waals surface area contributed by atoms with Gasteiger partial charge in [-0.05, 0) is 17.7 Å². The summed E-state index contributed by atoms with van der Waals surface area (Å²) in [6, 6.07) is 2.36. The van der Waals surface area contributed by atoms with E-state index in [1.165, 1.54) is 0 Å². The SMILES string of the molecule is Cl.O=C(NCc1ccc(F)cc1C(F)(F)F)C1CNCCO1. The maximum atomic E-state index is 13.0. The number of amides is 1. The predicted molar refractivity (Wildman–Crippen MR) is 73.1 cm³/mol. The Hall–Kier alpha value is -1.38. The summed E-state index contributed by atoms with van der Waals surface area (Å²) in [4.78, 5) is 11.8. The molecule has 124 valence electrons. The van der Waals surface area contributed by atoms with E-state index in [4.69, 9.17) is 4.74 Å². The van der Waals surface area contributed by atoms with Crippen molar-refractivity contribution in [3.05, 3.63) is 35.1 Å². The molecule has 2 rings (SSSR count). The predicted octanol–water partition coefficient (Wildman–Crippen LogP) is 1.87. The van der Waals surface area contributed by atoms with Crippen LogP contribution in [0.4, 0.5) is 17.6 Å². The van der Waals surface area contributed by atoms with E-state index >= 15 is 0 Å². The first-order valence-corrected chi connectivity index (χ1v) is 6.33. The van der Waals surface area contributed by atoms with Crippen molar-refractivity contribution in [1.82, 2.24) is 10.6 Å². The Balaban J connectivity index is 0.00000242. The highest BCUT2D eigenvalue weighted by Crippen LogP contribution is 2.32. The van der Waals surface area contributed by atoms with E-state index in [0.29, 0.717) is 25.8 Å². The highest BCUT2D eigenvalue weighted by Gasteiger charge is 2.34. The van der Waals surface area contributed by atoms with Crippen molar-refractivity contribution < 1.29 is 27.1 Å². The zero-order chi connectivity index (χ0) is 15.5. The molecule has 0 aromatic heterocycles. The summed E-state index contributed by atoms with van der Waals surface area (Å²) in [5.41, 5.74) is -1.29. The van der Waals surface area contributed by atoms with Crippen LogP contribution in [0.3, 0.4) is 0 Å². The number of carbonyl (C=O) groups excluding carboxylic acids is 1. The molecule has 1 saturated heterocycles. The number of carbonyl (C=O) groups is 1. The molecule has 1 fully saturated rings. The van der Waals surface area contributed by atoms with Crippen molar-refractivity contribution in [2.75, 3.05) is 19.7 Å². The molecular formula is C13H15ClF4N2O2. The molecule has 0 spiro atoms. The number of halogens is 5. The topological polar surface area (TPSA) is 50.4 Å². The molecule has 4 nitrogen and oxygen atoms in total. The van der Waals surface area contributed by atoms with Crippen LogP contribution < -0.4 is 10.6 Å². The number of ether oxygens (including phenoxy) is 1. The molecule has 1 aromatic rings. The van der Waals surface area contributed by atoms with Crippen molar-refractivity contribution in [3.8, 4) is 0 Å². The molecule has 0 aliphatic carbocycles. The number of morpholine rings is 1. The molecule has 1 heterocycles. The molecule has 1 atom stereocenters. The number of hydrogen-bond donors (Lipinski definition) is 2. The van der Waals surface area contributed by atoms with Crippen molar-refractivity contribution in [3.63, 3.8) is 0 Å². The van der Waals surface area contributed by atoms with Gasteiger partial charge in [-0.3, -0.25) is 4.79 Å². The fourth-order valence-corrected chi connectivity index (χ4v) is 2.00. The van der Waals surface area contributed by atoms with Gasteiger partial charge >= 0.3 is 6.18 Å². The van der Waals surface area contributed by atoms with Crippen LogP contribution in [0.5, 0.6) is 0 Å². The number of hydrogen-bond acceptors (Lipinski definition) is 3. The van der Waals surface area contributed by atoms with Gasteiger partial charge in [-0.2, -0.15) is 13.2 Å². The van der Waals surface area contributed by atoms with Gasteiger partial charge in [0.25, 0.3) is 5.91 Å². The first-order chi connectivity index (χ1) is 9.88. The van der Waals surface area contributed by atoms with Gasteiger partial charge in [0.2, 0.25) is 0 Å². The number of rotatable bonds is 3. The summed E-state index contributed by atoms with van der Waals surface area (Å²) in [6.07, 6.45) is -5.40. The molecule has 0 radical (unpaired) electrons. The molecule has 22 heavy (non-hydrogen) atoms. The van der Waals surface area contributed by atoms with E-state index in [9.17, 15) is 22.4 Å². The van der Waals surface area contributed by atoms with Gasteiger partial charge in [0.15, 0.2) is 0 Å². The molecule has 1 aliphatic rings. The zero-order valence-electron chi connectivity index (χ0n) is 11.4. The lowest BCUT2D eigenvalue weighted by atomic mass is 10.1. The van der Waals surface area contributed by atoms with Crippen LogP contribution in [0.2, 0.25) is 0 Å². The highest BCUT2D eigenvalue weighted by molar-refractivity contribution is 5.85. The molecule has 2 N–H and O–H groups in total. The highest BCUT2D eigenvalue weighted by atomic mass is 35.5. The van der Waals surface area contributed by atoms with Gasteiger partial charge in [0.05, 0.1) is 12.2 Å². The Morgan fingerprint density at radius 2 is 2.14 bits per heavy atom. The molecule has 1 unspecified atom stereocenters. The summed E-state index contributed by atoms with van der Waals surface area (Å²) >= 11 is 0. The van der Waals surface area contributed by atoms with E-state index in [0.717, 1.165) is 12.1 Å². The summed E-state index contributed by atoms with van der Waals surface area (Å²) < 4.78 is 56.5. The second-order valence-electron chi connectivity index (χ2n) is 4.58. The van der Waals surface area contributed by atoms with E-state index in [1.54, 1.807) is 0 Å². The first-order valence-electron chi connectivity index (χ1n) is 6.33. The van der Waals surface area contributed by atoms with Crippen LogP contribution >= 0.6 is 12.4 Å². The van der Waals surface area contributed by atoms with Crippen molar-refractivity contribution in [1.29, 1.82) is 0 Å². The lowest BCUT2D eigenvalue weighted by Crippen LogP contribution is -2.47. The van der Waals surface area contributed by atoms with Crippen LogP contribution in [-0.2, 0) is 22.3 Å². The smallest absolute Gasteiger partial charge is 0.366 e. The Labute approximate surface area is 130 Å². The summed E-state index contributed by atoms with van der Waals surface area (Å²) in [5, 5.41) is 5.32. The van der Waals surface area contributed by atoms with Crippen LogP contribution in [0.1, 0.15) is 11.1 Å². The molecule has 0 saturated carbocycles. The summed E-state index contributed by atoms with van der Waals surface area (Å²) in [7, 11) is 0. The molecule has 1 aliphatic heterocycles. The largest absolute Gasteiger partial charge is 0.416 e. The van der Waals surface area contributed by atoms with Gasteiger partial charge in [-0.25, -0.2) is 4.39 Å². The van der Waals surface area contributed by atoms with Crippen LogP contribution in [-0.4, -0.2) is 31.7 Å². The van der Waals surface area contributed by atoms with Gasteiger partial charge in [-0.15, -0.1) is 12.4 Å². The minimum Gasteiger partial charge on any atom is -0.366 e. The first kappa shape index (κ1) is 18.7. The van der Waals surface area contributed by atoms with Gasteiger partial charge < -0.3 is 15.4 Å². The number of alkyl halides is 3. The summed E-state index contributed by atoms with van der Waals surface area (Å²) in [6.45, 7) is 0.956. The maximum Gasteiger partial charge on any atom is 0.416 e. The third-order valence-corrected chi connectivity index (χ3v) is 3.05.